The summed E-state index contributed by atoms with van der Waals surface area (Å²) >= 11 is 1.36. The molecule has 0 bridgehead atoms. The molecule has 0 radical (unpaired) electrons. The zero-order valence-electron chi connectivity index (χ0n) is 17.7. The molecule has 0 aliphatic carbocycles. The number of nitrogens with zero attached hydrogens (tertiary/aromatic N) is 2. The highest BCUT2D eigenvalue weighted by Gasteiger charge is 2.24. The zero-order chi connectivity index (χ0) is 21.1. The summed E-state index contributed by atoms with van der Waals surface area (Å²) in [6.45, 7) is 6.27. The summed E-state index contributed by atoms with van der Waals surface area (Å²) in [4.78, 5) is 20.2. The number of benzene rings is 2. The van der Waals surface area contributed by atoms with E-state index < -0.39 is 0 Å². The van der Waals surface area contributed by atoms with Crippen molar-refractivity contribution in [2.24, 2.45) is 4.99 Å². The number of thioether (sulfide) groups is 1. The first-order valence-electron chi connectivity index (χ1n) is 10.3. The molecule has 6 heteroatoms. The van der Waals surface area contributed by atoms with Crippen LogP contribution in [0.15, 0.2) is 46.3 Å². The highest BCUT2D eigenvalue weighted by atomic mass is 32.2. The lowest BCUT2D eigenvalue weighted by atomic mass is 10.1. The van der Waals surface area contributed by atoms with Crippen molar-refractivity contribution in [1.29, 1.82) is 0 Å². The van der Waals surface area contributed by atoms with Crippen LogP contribution >= 0.6 is 11.8 Å². The van der Waals surface area contributed by atoms with Crippen molar-refractivity contribution >= 4 is 40.3 Å². The summed E-state index contributed by atoms with van der Waals surface area (Å²) in [6, 6.07) is 12.2. The average molecular weight is 422 g/mol. The van der Waals surface area contributed by atoms with Crippen molar-refractivity contribution in [1.82, 2.24) is 5.32 Å². The Morgan fingerprint density at radius 2 is 1.93 bits per heavy atom. The van der Waals surface area contributed by atoms with Crippen LogP contribution in [0.25, 0.3) is 6.08 Å². The largest absolute Gasteiger partial charge is 0.496 e. The number of carbonyl (C=O) groups excluding carboxylic acids is 1. The number of ether oxygens (including phenoxy) is 1. The van der Waals surface area contributed by atoms with E-state index in [9.17, 15) is 4.79 Å². The first-order valence-corrected chi connectivity index (χ1v) is 11.2. The molecule has 1 N–H and O–H groups in total. The van der Waals surface area contributed by atoms with Gasteiger partial charge in [0.1, 0.15) is 5.75 Å². The number of carbonyl (C=O) groups is 1. The molecule has 2 aliphatic rings. The highest BCUT2D eigenvalue weighted by Crippen LogP contribution is 2.33. The molecule has 0 unspecified atom stereocenters. The molecule has 2 aliphatic heterocycles. The van der Waals surface area contributed by atoms with Crippen molar-refractivity contribution < 1.29 is 9.53 Å². The summed E-state index contributed by atoms with van der Waals surface area (Å²) in [5.74, 6) is 0.644. The van der Waals surface area contributed by atoms with Crippen molar-refractivity contribution in [3.63, 3.8) is 0 Å². The Morgan fingerprint density at radius 3 is 2.70 bits per heavy atom. The minimum absolute atomic E-state index is 0.133. The Kier molecular flexibility index (Phi) is 6.13. The quantitative estimate of drug-likeness (QED) is 0.690. The van der Waals surface area contributed by atoms with Crippen LogP contribution in [0.5, 0.6) is 5.75 Å². The predicted molar refractivity (Wildman–Crippen MR) is 126 cm³/mol. The lowest BCUT2D eigenvalue weighted by molar-refractivity contribution is -0.115. The normalized spacial score (nSPS) is 19.4. The molecule has 0 spiro atoms. The van der Waals surface area contributed by atoms with Gasteiger partial charge >= 0.3 is 0 Å². The van der Waals surface area contributed by atoms with Crippen LogP contribution in [0.4, 0.5) is 11.4 Å². The van der Waals surface area contributed by atoms with Crippen molar-refractivity contribution in [2.45, 2.75) is 33.1 Å². The van der Waals surface area contributed by atoms with Gasteiger partial charge in [0.15, 0.2) is 5.17 Å². The number of aryl methyl sites for hydroxylation is 1. The molecule has 0 aromatic heterocycles. The topological polar surface area (TPSA) is 53.9 Å². The molecule has 2 aromatic carbocycles. The van der Waals surface area contributed by atoms with Crippen LogP contribution in [-0.4, -0.2) is 31.3 Å². The number of anilines is 1. The fourth-order valence-corrected chi connectivity index (χ4v) is 4.58. The molecule has 2 saturated heterocycles. The first-order chi connectivity index (χ1) is 14.5. The molecule has 5 nitrogen and oxygen atoms in total. The van der Waals surface area contributed by atoms with Gasteiger partial charge in [-0.3, -0.25) is 4.79 Å². The lowest BCUT2D eigenvalue weighted by Gasteiger charge is -2.29. The van der Waals surface area contributed by atoms with Crippen molar-refractivity contribution in [3.05, 3.63) is 58.0 Å². The monoisotopic (exact) mass is 421 g/mol. The van der Waals surface area contributed by atoms with Crippen LogP contribution in [0.2, 0.25) is 0 Å². The van der Waals surface area contributed by atoms with E-state index >= 15 is 0 Å². The molecular weight excluding hydrogens is 394 g/mol. The van der Waals surface area contributed by atoms with E-state index in [1.165, 1.54) is 42.3 Å². The third-order valence-corrected chi connectivity index (χ3v) is 6.58. The fourth-order valence-electron chi connectivity index (χ4n) is 3.76. The van der Waals surface area contributed by atoms with Crippen LogP contribution in [-0.2, 0) is 4.79 Å². The van der Waals surface area contributed by atoms with Crippen LogP contribution < -0.4 is 15.0 Å². The maximum Gasteiger partial charge on any atom is 0.264 e. The summed E-state index contributed by atoms with van der Waals surface area (Å²) in [5.41, 5.74) is 5.24. The van der Waals surface area contributed by atoms with Gasteiger partial charge in [-0.15, -0.1) is 0 Å². The maximum atomic E-state index is 12.5. The van der Waals surface area contributed by atoms with Gasteiger partial charge in [-0.1, -0.05) is 12.1 Å². The minimum Gasteiger partial charge on any atom is -0.496 e. The average Bonchev–Trinajstić information content (AvgIpc) is 3.11. The Bertz CT molecular complexity index is 1020. The van der Waals surface area contributed by atoms with Gasteiger partial charge in [-0.05, 0) is 80.3 Å². The lowest BCUT2D eigenvalue weighted by Crippen LogP contribution is -2.29. The summed E-state index contributed by atoms with van der Waals surface area (Å²) in [7, 11) is 1.67. The molecule has 4 rings (SSSR count). The second kappa shape index (κ2) is 8.96. The number of rotatable bonds is 4. The molecule has 1 amide bonds. The number of hydrogen-bond acceptors (Lipinski definition) is 5. The molecule has 0 atom stereocenters. The number of amidine groups is 1. The zero-order valence-corrected chi connectivity index (χ0v) is 18.5. The van der Waals surface area contributed by atoms with E-state index in [0.29, 0.717) is 10.1 Å². The van der Waals surface area contributed by atoms with E-state index in [-0.39, 0.29) is 5.91 Å². The van der Waals surface area contributed by atoms with E-state index in [4.69, 9.17) is 4.74 Å². The standard InChI is InChI=1S/C24H27N3O2S/c1-16-8-7-9-20(17(16)2)25-24-26-23(28)22(30-24)14-18-10-11-19(15-21(18)29-3)27-12-5-4-6-13-27/h7-11,14-15H,4-6,12-13H2,1-3H3,(H,25,26,28)/b22-14-. The maximum absolute atomic E-state index is 12.5. The number of nitrogens with one attached hydrogen (secondary N) is 1. The number of piperidine rings is 1. The van der Waals surface area contributed by atoms with Gasteiger partial charge in [0.05, 0.1) is 17.7 Å². The van der Waals surface area contributed by atoms with Gasteiger partial charge < -0.3 is 15.0 Å². The Hall–Kier alpha value is -2.73. The van der Waals surface area contributed by atoms with Crippen molar-refractivity contribution in [3.8, 4) is 5.75 Å². The van der Waals surface area contributed by atoms with Gasteiger partial charge in [-0.25, -0.2) is 4.99 Å². The molecule has 2 fully saturated rings. The van der Waals surface area contributed by atoms with Gasteiger partial charge in [0, 0.05) is 30.4 Å². The number of aliphatic imine (C=N–C) groups is 1. The molecular formula is C24H27N3O2S. The minimum atomic E-state index is -0.133. The third-order valence-electron chi connectivity index (χ3n) is 5.67. The van der Waals surface area contributed by atoms with E-state index in [1.807, 2.05) is 31.2 Å². The summed E-state index contributed by atoms with van der Waals surface area (Å²) in [5, 5.41) is 3.48. The number of methoxy groups -OCH3 is 1. The smallest absolute Gasteiger partial charge is 0.264 e. The second-order valence-electron chi connectivity index (χ2n) is 7.67. The van der Waals surface area contributed by atoms with Gasteiger partial charge in [-0.2, -0.15) is 0 Å². The number of amides is 1. The fraction of sp³-hybridized carbons (Fsp3) is 0.333. The Labute approximate surface area is 182 Å². The number of hydrogen-bond donors (Lipinski definition) is 1. The summed E-state index contributed by atoms with van der Waals surface area (Å²) in [6.07, 6.45) is 5.64. The van der Waals surface area contributed by atoms with Gasteiger partial charge in [0.25, 0.3) is 5.91 Å². The summed E-state index contributed by atoms with van der Waals surface area (Å²) < 4.78 is 5.63. The molecule has 2 aromatic rings. The SMILES string of the molecule is COc1cc(N2CCCCC2)ccc1/C=C1\SC(=Nc2cccc(C)c2C)NC1=O. The first kappa shape index (κ1) is 20.5. The Morgan fingerprint density at radius 1 is 1.13 bits per heavy atom. The highest BCUT2D eigenvalue weighted by molar-refractivity contribution is 8.18. The predicted octanol–water partition coefficient (Wildman–Crippen LogP) is 5.19. The molecule has 0 saturated carbocycles. The molecule has 156 valence electrons. The molecule has 30 heavy (non-hydrogen) atoms. The molecule has 2 heterocycles. The second-order valence-corrected chi connectivity index (χ2v) is 8.71. The van der Waals surface area contributed by atoms with Gasteiger partial charge in [0.2, 0.25) is 0 Å². The van der Waals surface area contributed by atoms with E-state index in [2.05, 4.69) is 40.3 Å². The van der Waals surface area contributed by atoms with Crippen molar-refractivity contribution in [2.75, 3.05) is 25.1 Å². The van der Waals surface area contributed by atoms with E-state index in [1.54, 1.807) is 7.11 Å². The van der Waals surface area contributed by atoms with E-state index in [0.717, 1.165) is 35.7 Å². The third kappa shape index (κ3) is 4.38. The van der Waals surface area contributed by atoms with Crippen LogP contribution in [0, 0.1) is 13.8 Å². The van der Waals surface area contributed by atoms with Crippen LogP contribution in [0.3, 0.4) is 0 Å². The Balaban J connectivity index is 1.57. The van der Waals surface area contributed by atoms with Crippen LogP contribution in [0.1, 0.15) is 36.0 Å².